The number of alkyl carbamates (subject to hydrolysis) is 2. The van der Waals surface area contributed by atoms with E-state index in [-0.39, 0.29) is 71.3 Å². The lowest BCUT2D eigenvalue weighted by molar-refractivity contribution is -0.142. The number of H-pyrrole nitrogens is 4. The number of ether oxygens (including phenoxy) is 5. The summed E-state index contributed by atoms with van der Waals surface area (Å²) in [5, 5.41) is 19.1. The molecule has 29 heteroatoms. The zero-order valence-electron chi connectivity index (χ0n) is 77.6. The molecule has 2 unspecified atom stereocenters. The van der Waals surface area contributed by atoms with Crippen LogP contribution in [-0.2, 0) is 42.9 Å². The number of methoxy groups -OCH3 is 2. The van der Waals surface area contributed by atoms with E-state index < -0.39 is 41.9 Å². The van der Waals surface area contributed by atoms with Crippen LogP contribution in [0.5, 0.6) is 0 Å². The monoisotopic (exact) mass is 1810 g/mol. The van der Waals surface area contributed by atoms with Crippen molar-refractivity contribution in [1.29, 1.82) is 0 Å². The summed E-state index contributed by atoms with van der Waals surface area (Å²) in [5.74, 6) is 2.14. The zero-order valence-corrected chi connectivity index (χ0v) is 77.6. The molecule has 7 N–H and O–H groups in total. The number of likely N-dealkylation sites (tertiary alicyclic amines) is 4. The van der Waals surface area contributed by atoms with Crippen molar-refractivity contribution >= 4 is 63.5 Å². The highest BCUT2D eigenvalue weighted by Crippen LogP contribution is 2.59. The number of hydrogen-bond donors (Lipinski definition) is 7. The second-order valence-corrected chi connectivity index (χ2v) is 37.9. The Balaban J connectivity index is 0.000000164. The predicted octanol–water partition coefficient (Wildman–Crippen LogP) is 18.0. The van der Waals surface area contributed by atoms with E-state index >= 15 is 0 Å². The Morgan fingerprint density at radius 3 is 1.12 bits per heavy atom. The Bertz CT molecular complexity index is 6150. The van der Waals surface area contributed by atoms with Gasteiger partial charge in [-0.05, 0) is 240 Å². The number of imidazole rings is 4. The summed E-state index contributed by atoms with van der Waals surface area (Å²) in [4.78, 5) is 135. The molecule has 10 heterocycles. The number of carboxylic acids is 1. The average molecular weight is 1810 g/mol. The van der Waals surface area contributed by atoms with Crippen molar-refractivity contribution in [2.75, 3.05) is 95.0 Å². The lowest BCUT2D eigenvalue weighted by Crippen LogP contribution is -2.53. The van der Waals surface area contributed by atoms with E-state index in [2.05, 4.69) is 152 Å². The third-order valence-corrected chi connectivity index (χ3v) is 27.4. The molecular formula is C105H120N16O13. The van der Waals surface area contributed by atoms with Crippen molar-refractivity contribution in [3.8, 4) is 67.3 Å². The molecule has 8 atom stereocenters. The first-order valence-corrected chi connectivity index (χ1v) is 46.7. The van der Waals surface area contributed by atoms with Gasteiger partial charge >= 0.3 is 24.2 Å². The van der Waals surface area contributed by atoms with Crippen molar-refractivity contribution in [2.45, 2.75) is 158 Å². The van der Waals surface area contributed by atoms with Crippen molar-refractivity contribution in [3.05, 3.63) is 241 Å². The first kappa shape index (κ1) is 92.5. The topological polar surface area (TPSA) is 344 Å². The number of nitrogens with one attached hydrogen (secondary N) is 6. The standard InChI is InChI=1S/C49H54N8O5.C46H53N7O6.C10H13NO2/c1-55(2)44(34-9-5-4-6-10-34)48(59)57-24-8-12-42(57)46-51-30-40(53-46)38-20-19-36-27-35(17-18-37(36)28-38)31-13-15-32(16-14-31)39-29-50-45(52-39)41-11-7-23-56(41)47(58)43(54-49(60)61-3)33-21-25-62-26-22-33;1-45(2,3)59-44(56)53-27-46(17-18-46)24-38(53)41-48-26-36(50-41)34-14-13-32-22-31(11-12-33(32)23-34)28-7-9-29(10-8-28)35-25-47-40(49-35)37-6-5-19-52(37)42(54)39(51-43(55)57-4)30-15-20-58-21-16-30;1-11(2)9(10(12)13)8-6-4-3-5-7-8/h4-6,9-10,13-20,27-30,33,41-44H,7-8,11-12,21-26H2,1-3H3,(H,50,52)(H,51,53)(H,54,60);7-14,22-23,25-26,30,37-39H,5-6,15-21,24,27H2,1-4H3,(H,47,49)(H,48,50)(H,51,55);3-7,9H,1-2H3,(H,12,13)/t41-,42-,43-,44?;37-,38-,39-;/m00./s1. The fourth-order valence-corrected chi connectivity index (χ4v) is 20.1. The smallest absolute Gasteiger partial charge is 0.410 e. The van der Waals surface area contributed by atoms with Crippen LogP contribution in [0.1, 0.15) is 175 Å². The summed E-state index contributed by atoms with van der Waals surface area (Å²) in [7, 11) is 10.1. The predicted molar refractivity (Wildman–Crippen MR) is 511 cm³/mol. The van der Waals surface area contributed by atoms with Crippen LogP contribution in [0, 0.1) is 17.3 Å². The number of fused-ring (bicyclic) bond motifs is 2. The number of aromatic amines is 4. The van der Waals surface area contributed by atoms with E-state index in [9.17, 15) is 33.6 Å². The highest BCUT2D eigenvalue weighted by atomic mass is 16.6. The van der Waals surface area contributed by atoms with Crippen molar-refractivity contribution < 1.29 is 62.4 Å². The number of aromatic nitrogens is 8. The van der Waals surface area contributed by atoms with Gasteiger partial charge < -0.3 is 74.1 Å². The van der Waals surface area contributed by atoms with Crippen molar-refractivity contribution in [1.82, 2.24) is 79.9 Å². The van der Waals surface area contributed by atoms with Crippen molar-refractivity contribution in [2.24, 2.45) is 17.3 Å². The fraction of sp³-hybridized carbons (Fsp3) is 0.400. The Labute approximate surface area is 780 Å². The molecule has 1 saturated carbocycles. The molecule has 6 amide bonds. The number of nitrogens with zero attached hydrogens (tertiary/aromatic N) is 10. The van der Waals surface area contributed by atoms with Crippen LogP contribution in [0.3, 0.4) is 0 Å². The van der Waals surface area contributed by atoms with Crippen LogP contribution in [0.2, 0.25) is 0 Å². The van der Waals surface area contributed by atoms with Crippen molar-refractivity contribution in [3.63, 3.8) is 0 Å². The molecule has 0 radical (unpaired) electrons. The molecule has 19 rings (SSSR count). The quantitative estimate of drug-likeness (QED) is 0.0310. The first-order chi connectivity index (χ1) is 64.8. The molecule has 134 heavy (non-hydrogen) atoms. The fourth-order valence-electron chi connectivity index (χ4n) is 20.1. The largest absolute Gasteiger partial charge is 0.480 e. The number of hydrogen-bond acceptors (Lipinski definition) is 18. The van der Waals surface area contributed by atoms with Gasteiger partial charge in [-0.1, -0.05) is 158 Å². The molecule has 12 aromatic rings. The van der Waals surface area contributed by atoms with Crippen LogP contribution >= 0.6 is 0 Å². The molecule has 0 bridgehead atoms. The molecule has 1 aliphatic carbocycles. The van der Waals surface area contributed by atoms with Gasteiger partial charge in [0, 0.05) is 63.7 Å². The van der Waals surface area contributed by atoms with Crippen LogP contribution in [0.4, 0.5) is 14.4 Å². The van der Waals surface area contributed by atoms with E-state index in [1.165, 1.54) is 14.2 Å². The lowest BCUT2D eigenvalue weighted by Gasteiger charge is -2.34. The minimum atomic E-state index is -0.823. The van der Waals surface area contributed by atoms with Gasteiger partial charge in [0.05, 0.1) is 86.0 Å². The Kier molecular flexibility index (Phi) is 28.0. The van der Waals surface area contributed by atoms with Gasteiger partial charge in [0.1, 0.15) is 53.1 Å². The molecule has 6 saturated heterocycles. The minimum Gasteiger partial charge on any atom is -0.480 e. The van der Waals surface area contributed by atoms with Gasteiger partial charge in [0.2, 0.25) is 17.7 Å². The third kappa shape index (κ3) is 20.9. The molecule has 4 aromatic heterocycles. The molecule has 6 aliphatic heterocycles. The van der Waals surface area contributed by atoms with Crippen LogP contribution in [0.15, 0.2) is 207 Å². The summed E-state index contributed by atoms with van der Waals surface area (Å²) < 4.78 is 26.6. The number of rotatable bonds is 22. The molecule has 29 nitrogen and oxygen atoms in total. The number of carbonyl (C=O) groups excluding carboxylic acids is 6. The second-order valence-electron chi connectivity index (χ2n) is 37.9. The Morgan fingerprint density at radius 1 is 0.425 bits per heavy atom. The molecular weight excluding hydrogens is 1690 g/mol. The number of likely N-dealkylation sites (N-methyl/N-ethyl adjacent to an activating group) is 2. The van der Waals surface area contributed by atoms with Gasteiger partial charge in [0.15, 0.2) is 0 Å². The Hall–Kier alpha value is -13.4. The van der Waals surface area contributed by atoms with Crippen LogP contribution in [-0.4, -0.2) is 229 Å². The molecule has 7 fully saturated rings. The number of benzene rings is 8. The highest BCUT2D eigenvalue weighted by Gasteiger charge is 2.55. The third-order valence-electron chi connectivity index (χ3n) is 27.4. The van der Waals surface area contributed by atoms with Crippen LogP contribution < -0.4 is 10.6 Å². The van der Waals surface area contributed by atoms with E-state index in [0.717, 1.165) is 181 Å². The SMILES string of the molecule is CN(C)C(C(=O)O)c1ccccc1.COC(=O)N[C@H](C(=O)N1CCC[C@H]1c1ncc(-c2ccc(-c3ccc4cc(-c5cnc([C@@H]6CC7(CC7)CN6C(=O)OC(C)(C)C)[nH]5)ccc4c3)cc2)[nH]1)C1CCOCC1.COC(=O)N[C@H](C(=O)N1CCC[C@H]1c1ncc(-c2ccc(-c3ccc4cc(-c5cnc([C@@H]6CCCN6C(=O)C(c6ccccc6)N(C)C)[nH]5)ccc4c3)cc2)[nH]1)C1CCOCC1. The maximum absolute atomic E-state index is 14.0. The molecule has 1 spiro atoms. The van der Waals surface area contributed by atoms with Gasteiger partial charge in [-0.3, -0.25) is 33.9 Å². The second kappa shape index (κ2) is 40.6. The summed E-state index contributed by atoms with van der Waals surface area (Å²) in [5.41, 5.74) is 13.6. The summed E-state index contributed by atoms with van der Waals surface area (Å²) in [6, 6.07) is 59.1. The number of aliphatic carboxylic acids is 1. The number of carboxylic acid groups (broad SMARTS) is 1. The maximum Gasteiger partial charge on any atom is 0.410 e. The lowest BCUT2D eigenvalue weighted by atomic mass is 9.90. The summed E-state index contributed by atoms with van der Waals surface area (Å²) >= 11 is 0. The Morgan fingerprint density at radius 2 is 0.761 bits per heavy atom. The maximum atomic E-state index is 14.0. The van der Waals surface area contributed by atoms with Gasteiger partial charge in [0.25, 0.3) is 0 Å². The average Bonchev–Trinajstić information content (AvgIpc) is 1.58. The van der Waals surface area contributed by atoms with E-state index in [0.29, 0.717) is 78.3 Å². The van der Waals surface area contributed by atoms with Gasteiger partial charge in [-0.25, -0.2) is 34.3 Å². The molecule has 8 aromatic carbocycles. The molecule has 698 valence electrons. The summed E-state index contributed by atoms with van der Waals surface area (Å²) in [6.07, 6.45) is 17.0. The van der Waals surface area contributed by atoms with E-state index in [1.807, 2.05) is 145 Å². The first-order valence-electron chi connectivity index (χ1n) is 46.7. The van der Waals surface area contributed by atoms with Gasteiger partial charge in [-0.15, -0.1) is 0 Å². The highest BCUT2D eigenvalue weighted by molar-refractivity contribution is 5.93. The number of amides is 6. The van der Waals surface area contributed by atoms with Crippen LogP contribution in [0.25, 0.3) is 88.8 Å². The summed E-state index contributed by atoms with van der Waals surface area (Å²) in [6.45, 7) is 10.6. The number of carbonyl (C=O) groups is 7. The minimum absolute atomic E-state index is 0.0179. The zero-order chi connectivity index (χ0) is 93.5. The van der Waals surface area contributed by atoms with E-state index in [4.69, 9.17) is 48.7 Å². The van der Waals surface area contributed by atoms with Gasteiger partial charge in [-0.2, -0.15) is 0 Å². The van der Waals surface area contributed by atoms with E-state index in [1.54, 1.807) is 19.0 Å². The molecule has 7 aliphatic rings. The normalized spacial score (nSPS) is 19.3.